The topological polar surface area (TPSA) is 58.1 Å². The number of rotatable bonds is 6. The highest BCUT2D eigenvalue weighted by molar-refractivity contribution is 7.20. The van der Waals surface area contributed by atoms with Crippen LogP contribution in [0.2, 0.25) is 0 Å². The summed E-state index contributed by atoms with van der Waals surface area (Å²) in [6.07, 6.45) is 1.48. The van der Waals surface area contributed by atoms with Crippen molar-refractivity contribution in [3.05, 3.63) is 52.4 Å². The highest BCUT2D eigenvalue weighted by Gasteiger charge is 2.22. The number of amides is 1. The number of carbonyl (C=O) groups is 1. The fourth-order valence-electron chi connectivity index (χ4n) is 3.05. The molecular weight excluding hydrogens is 363 g/mol. The number of nitrogens with one attached hydrogen (secondary N) is 1. The van der Waals surface area contributed by atoms with Crippen molar-refractivity contribution in [1.82, 2.24) is 14.9 Å². The van der Waals surface area contributed by atoms with Gasteiger partial charge in [0.15, 0.2) is 0 Å². The van der Waals surface area contributed by atoms with Crippen LogP contribution in [0.4, 0.5) is 10.2 Å². The molecule has 7 heteroatoms. The first-order valence-corrected chi connectivity index (χ1v) is 9.66. The molecule has 2 heterocycles. The first-order valence-electron chi connectivity index (χ1n) is 8.84. The standard InChI is InChI=1S/C20H23FN4OS/c1-12(2)10-25(4)20(26)17-13(3)16-18(23-11-24-19(16)27-17)22-9-14-6-5-7-15(21)8-14/h5-8,11-12H,9-10H2,1-4H3,(H,22,23,24). The zero-order chi connectivity index (χ0) is 19.6. The number of aryl methyl sites for hydroxylation is 1. The molecule has 1 amide bonds. The summed E-state index contributed by atoms with van der Waals surface area (Å²) < 4.78 is 13.4. The maximum atomic E-state index is 13.4. The summed E-state index contributed by atoms with van der Waals surface area (Å²) in [6.45, 7) is 7.23. The minimum absolute atomic E-state index is 0.000260. The fourth-order valence-corrected chi connectivity index (χ4v) is 4.19. The number of halogens is 1. The number of thiophene rings is 1. The summed E-state index contributed by atoms with van der Waals surface area (Å²) in [5.74, 6) is 0.788. The minimum Gasteiger partial charge on any atom is -0.365 e. The molecule has 142 valence electrons. The predicted molar refractivity (Wildman–Crippen MR) is 108 cm³/mol. The van der Waals surface area contributed by atoms with Gasteiger partial charge in [-0.25, -0.2) is 14.4 Å². The molecule has 3 rings (SSSR count). The maximum Gasteiger partial charge on any atom is 0.264 e. The van der Waals surface area contributed by atoms with Crippen molar-refractivity contribution < 1.29 is 9.18 Å². The Morgan fingerprint density at radius 1 is 1.33 bits per heavy atom. The molecule has 27 heavy (non-hydrogen) atoms. The molecule has 1 N–H and O–H groups in total. The lowest BCUT2D eigenvalue weighted by Gasteiger charge is -2.18. The number of hydrogen-bond donors (Lipinski definition) is 1. The van der Waals surface area contributed by atoms with Crippen LogP contribution in [0.3, 0.4) is 0 Å². The van der Waals surface area contributed by atoms with Gasteiger partial charge in [0.2, 0.25) is 0 Å². The highest BCUT2D eigenvalue weighted by atomic mass is 32.1. The summed E-state index contributed by atoms with van der Waals surface area (Å²) in [7, 11) is 1.82. The normalized spacial score (nSPS) is 11.2. The summed E-state index contributed by atoms with van der Waals surface area (Å²) in [5.41, 5.74) is 1.69. The summed E-state index contributed by atoms with van der Waals surface area (Å²) in [5, 5.41) is 4.10. The molecule has 0 saturated carbocycles. The average Bonchev–Trinajstić information content (AvgIpc) is 2.96. The van der Waals surface area contributed by atoms with Crippen LogP contribution in [0.1, 0.15) is 34.6 Å². The van der Waals surface area contributed by atoms with E-state index in [9.17, 15) is 9.18 Å². The molecule has 0 atom stereocenters. The molecule has 5 nitrogen and oxygen atoms in total. The Morgan fingerprint density at radius 3 is 2.81 bits per heavy atom. The lowest BCUT2D eigenvalue weighted by Crippen LogP contribution is -2.30. The molecule has 3 aromatic rings. The number of anilines is 1. The Labute approximate surface area is 162 Å². The number of hydrogen-bond acceptors (Lipinski definition) is 5. The zero-order valence-corrected chi connectivity index (χ0v) is 16.7. The number of benzene rings is 1. The molecule has 0 saturated heterocycles. The Balaban J connectivity index is 1.89. The first kappa shape index (κ1) is 19.2. The first-order chi connectivity index (χ1) is 12.9. The van der Waals surface area contributed by atoms with Crippen LogP contribution in [0.25, 0.3) is 10.2 Å². The molecule has 0 unspecified atom stereocenters. The Hall–Kier alpha value is -2.54. The van der Waals surface area contributed by atoms with Crippen LogP contribution in [-0.4, -0.2) is 34.4 Å². The maximum absolute atomic E-state index is 13.4. The molecule has 0 fully saturated rings. The van der Waals surface area contributed by atoms with Crippen molar-refractivity contribution in [2.45, 2.75) is 27.3 Å². The van der Waals surface area contributed by atoms with Gasteiger partial charge in [0.1, 0.15) is 22.8 Å². The molecule has 0 radical (unpaired) electrons. The van der Waals surface area contributed by atoms with Crippen LogP contribution in [0.15, 0.2) is 30.6 Å². The van der Waals surface area contributed by atoms with E-state index in [-0.39, 0.29) is 11.7 Å². The van der Waals surface area contributed by atoms with Crippen LogP contribution in [0.5, 0.6) is 0 Å². The molecule has 0 aliphatic carbocycles. The van der Waals surface area contributed by atoms with Crippen molar-refractivity contribution in [3.63, 3.8) is 0 Å². The quantitative estimate of drug-likeness (QED) is 0.679. The van der Waals surface area contributed by atoms with Gasteiger partial charge < -0.3 is 10.2 Å². The van der Waals surface area contributed by atoms with E-state index in [1.165, 1.54) is 29.8 Å². The van der Waals surface area contributed by atoms with E-state index in [1.807, 2.05) is 20.0 Å². The molecule has 1 aromatic carbocycles. The number of nitrogens with zero attached hydrogens (tertiary/aromatic N) is 3. The van der Waals surface area contributed by atoms with Gasteiger partial charge in [0.25, 0.3) is 5.91 Å². The van der Waals surface area contributed by atoms with E-state index in [1.54, 1.807) is 11.0 Å². The van der Waals surface area contributed by atoms with Crippen LogP contribution in [0, 0.1) is 18.7 Å². The highest BCUT2D eigenvalue weighted by Crippen LogP contribution is 2.34. The molecule has 0 aliphatic heterocycles. The second-order valence-electron chi connectivity index (χ2n) is 7.02. The predicted octanol–water partition coefficient (Wildman–Crippen LogP) is 4.48. The third-order valence-electron chi connectivity index (χ3n) is 4.26. The minimum atomic E-state index is -0.269. The molecule has 2 aromatic heterocycles. The molecule has 0 spiro atoms. The van der Waals surface area contributed by atoms with E-state index in [2.05, 4.69) is 29.1 Å². The third kappa shape index (κ3) is 4.24. The fraction of sp³-hybridized carbons (Fsp3) is 0.350. The van der Waals surface area contributed by atoms with Gasteiger partial charge in [0, 0.05) is 20.1 Å². The van der Waals surface area contributed by atoms with Gasteiger partial charge in [-0.1, -0.05) is 26.0 Å². The van der Waals surface area contributed by atoms with Crippen molar-refractivity contribution >= 4 is 33.3 Å². The monoisotopic (exact) mass is 386 g/mol. The molecule has 0 bridgehead atoms. The summed E-state index contributed by atoms with van der Waals surface area (Å²) in [4.78, 5) is 24.7. The zero-order valence-electron chi connectivity index (χ0n) is 15.9. The largest absolute Gasteiger partial charge is 0.365 e. The van der Waals surface area contributed by atoms with E-state index in [0.29, 0.717) is 29.7 Å². The SMILES string of the molecule is Cc1c(C(=O)N(C)CC(C)C)sc2ncnc(NCc3cccc(F)c3)c12. The number of aromatic nitrogens is 2. The summed E-state index contributed by atoms with van der Waals surface area (Å²) >= 11 is 1.38. The van der Waals surface area contributed by atoms with Crippen LogP contribution >= 0.6 is 11.3 Å². The average molecular weight is 386 g/mol. The van der Waals surface area contributed by atoms with Crippen molar-refractivity contribution in [3.8, 4) is 0 Å². The van der Waals surface area contributed by atoms with Crippen molar-refractivity contribution in [2.24, 2.45) is 5.92 Å². The smallest absolute Gasteiger partial charge is 0.264 e. The van der Waals surface area contributed by atoms with Crippen LogP contribution in [-0.2, 0) is 6.54 Å². The molecule has 0 aliphatic rings. The Kier molecular flexibility index (Phi) is 5.70. The number of fused-ring (bicyclic) bond motifs is 1. The van der Waals surface area contributed by atoms with Crippen molar-refractivity contribution in [2.75, 3.05) is 18.9 Å². The summed E-state index contributed by atoms with van der Waals surface area (Å²) in [6, 6.07) is 6.44. The van der Waals surface area contributed by atoms with Gasteiger partial charge in [0.05, 0.1) is 10.3 Å². The van der Waals surface area contributed by atoms with Crippen LogP contribution < -0.4 is 5.32 Å². The Morgan fingerprint density at radius 2 is 2.11 bits per heavy atom. The van der Waals surface area contributed by atoms with Gasteiger partial charge in [-0.3, -0.25) is 4.79 Å². The van der Waals surface area contributed by atoms with Gasteiger partial charge in [-0.2, -0.15) is 0 Å². The lowest BCUT2D eigenvalue weighted by atomic mass is 10.1. The van der Waals surface area contributed by atoms with Gasteiger partial charge in [-0.15, -0.1) is 11.3 Å². The lowest BCUT2D eigenvalue weighted by molar-refractivity contribution is 0.0783. The van der Waals surface area contributed by atoms with E-state index in [0.717, 1.165) is 21.3 Å². The Bertz CT molecular complexity index is 970. The van der Waals surface area contributed by atoms with Crippen molar-refractivity contribution in [1.29, 1.82) is 0 Å². The third-order valence-corrected chi connectivity index (χ3v) is 5.44. The number of carbonyl (C=O) groups excluding carboxylic acids is 1. The van der Waals surface area contributed by atoms with Gasteiger partial charge in [-0.05, 0) is 36.1 Å². The molecular formula is C20H23FN4OS. The van der Waals surface area contributed by atoms with Gasteiger partial charge >= 0.3 is 0 Å². The van der Waals surface area contributed by atoms with E-state index in [4.69, 9.17) is 0 Å². The van der Waals surface area contributed by atoms with E-state index < -0.39 is 0 Å². The second-order valence-corrected chi connectivity index (χ2v) is 8.02. The second kappa shape index (κ2) is 8.00. The van der Waals surface area contributed by atoms with E-state index >= 15 is 0 Å².